The maximum Gasteiger partial charge on any atom is 0.198 e. The number of ketones is 1. The molecule has 0 aromatic heterocycles. The average molecular weight is 1300 g/mol. The van der Waals surface area contributed by atoms with Gasteiger partial charge in [0.25, 0.3) is 0 Å². The van der Waals surface area contributed by atoms with Crippen molar-refractivity contribution in [2.75, 3.05) is 6.61 Å². The molecular formula is C86H172O6. The number of unbranched alkanes of at least 4 members (excludes halogenated alkanes) is 65. The zero-order valence-corrected chi connectivity index (χ0v) is 63.9. The Morgan fingerprint density at radius 1 is 0.207 bits per heavy atom. The molecule has 92 heavy (non-hydrogen) atoms. The normalized spacial score (nSPS) is 14.1. The fourth-order valence-corrected chi connectivity index (χ4v) is 15.5. The van der Waals surface area contributed by atoms with Crippen LogP contribution in [0.1, 0.15) is 516 Å². The molecule has 0 aromatic rings. The van der Waals surface area contributed by atoms with Gasteiger partial charge in [0, 0.05) is 0 Å². The third kappa shape index (κ3) is 50.7. The van der Waals surface area contributed by atoms with Crippen molar-refractivity contribution in [3.63, 3.8) is 0 Å². The summed E-state index contributed by atoms with van der Waals surface area (Å²) >= 11 is 0. The van der Waals surface area contributed by atoms with Gasteiger partial charge in [0.2, 0.25) is 0 Å². The molecule has 0 spiro atoms. The quantitative estimate of drug-likeness (QED) is 0.0387. The van der Waals surface area contributed by atoms with E-state index >= 15 is 4.79 Å². The molecule has 0 aliphatic heterocycles. The molecule has 0 unspecified atom stereocenters. The van der Waals surface area contributed by atoms with Gasteiger partial charge < -0.3 is 25.5 Å². The van der Waals surface area contributed by atoms with Gasteiger partial charge in [-0.05, 0) is 32.1 Å². The molecule has 0 aliphatic carbocycles. The highest BCUT2D eigenvalue weighted by Gasteiger charge is 2.66. The van der Waals surface area contributed by atoms with Crippen LogP contribution in [0, 0.1) is 0 Å². The molecular weight excluding hydrogens is 1130 g/mol. The van der Waals surface area contributed by atoms with Crippen LogP contribution in [0.15, 0.2) is 0 Å². The number of hydrogen-bond acceptors (Lipinski definition) is 6. The second kappa shape index (κ2) is 69.0. The molecule has 0 saturated heterocycles. The van der Waals surface area contributed by atoms with Gasteiger partial charge in [-0.25, -0.2) is 0 Å². The van der Waals surface area contributed by atoms with Crippen molar-refractivity contribution < 1.29 is 30.3 Å². The first-order valence-electron chi connectivity index (χ1n) is 43.1. The molecule has 0 aliphatic rings. The molecule has 6 nitrogen and oxygen atoms in total. The van der Waals surface area contributed by atoms with E-state index in [1.807, 2.05) is 0 Å². The lowest BCUT2D eigenvalue weighted by atomic mass is 9.60. The molecule has 552 valence electrons. The standard InChI is InChI=1S/C86H172O6/c1-6-11-16-21-26-31-36-41-46-51-56-61-66-71-76-83(89,77-72-67-62-57-52-47-42-37-32-27-22-17-12-7-2)82(88)85(91,79-74-69-64-59-54-49-44-39-34-29-24-19-14-9-4)86(92,80-75-70-65-60-55-50-45-40-35-30-25-20-15-10-5)84(90,81-87)78-73-68-63-58-53-48-43-38-33-28-23-18-13-8-3/h87,89-92H,6-81H2,1-5H3/t84-,85+,86+/m0/s1. The molecule has 6 heteroatoms. The minimum absolute atomic E-state index is 0.0141. The summed E-state index contributed by atoms with van der Waals surface area (Å²) in [6, 6.07) is 0. The second-order valence-corrected chi connectivity index (χ2v) is 31.0. The SMILES string of the molecule is CCCCCCCCCCCCCCCCC(O)(CCCCCCCCCCCCCCCC)C(=O)[C@](O)(CCCCCCCCCCCCCCCC)[C@@](O)(CCCCCCCCCCCCCCCC)[C@@](O)(CO)CCCCCCCCCCCCCCCC. The van der Waals surface area contributed by atoms with E-state index in [1.165, 1.54) is 321 Å². The van der Waals surface area contributed by atoms with E-state index in [-0.39, 0.29) is 32.1 Å². The van der Waals surface area contributed by atoms with Gasteiger partial charge in [0.05, 0.1) is 6.61 Å². The van der Waals surface area contributed by atoms with Crippen LogP contribution in [0.5, 0.6) is 0 Å². The summed E-state index contributed by atoms with van der Waals surface area (Å²) in [6.45, 7) is 10.7. The number of hydrogen-bond donors (Lipinski definition) is 5. The van der Waals surface area contributed by atoms with Crippen LogP contribution in [-0.4, -0.2) is 60.3 Å². The Morgan fingerprint density at radius 3 is 0.543 bits per heavy atom. The van der Waals surface area contributed by atoms with Crippen LogP contribution in [-0.2, 0) is 4.79 Å². The Kier molecular flexibility index (Phi) is 68.6. The van der Waals surface area contributed by atoms with Gasteiger partial charge in [-0.3, -0.25) is 4.79 Å². The lowest BCUT2D eigenvalue weighted by molar-refractivity contribution is -0.263. The first kappa shape index (κ1) is 91.5. The molecule has 0 amide bonds. The third-order valence-corrected chi connectivity index (χ3v) is 22.1. The van der Waals surface area contributed by atoms with Crippen LogP contribution in [0.25, 0.3) is 0 Å². The number of aliphatic hydroxyl groups excluding tert-OH is 1. The van der Waals surface area contributed by atoms with Crippen LogP contribution in [0.4, 0.5) is 0 Å². The summed E-state index contributed by atoms with van der Waals surface area (Å²) in [4.78, 5) is 16.1. The van der Waals surface area contributed by atoms with Crippen molar-refractivity contribution in [1.82, 2.24) is 0 Å². The summed E-state index contributed by atoms with van der Waals surface area (Å²) < 4.78 is 0. The predicted molar refractivity (Wildman–Crippen MR) is 407 cm³/mol. The lowest BCUT2D eigenvalue weighted by Gasteiger charge is -2.53. The third-order valence-electron chi connectivity index (χ3n) is 22.1. The summed E-state index contributed by atoms with van der Waals surface area (Å²) in [5, 5.41) is 65.5. The maximum absolute atomic E-state index is 16.1. The first-order valence-corrected chi connectivity index (χ1v) is 43.1. The van der Waals surface area contributed by atoms with Crippen molar-refractivity contribution in [3.05, 3.63) is 0 Å². The average Bonchev–Trinajstić information content (AvgIpc) is 0.728. The Balaban J connectivity index is 6.65. The lowest BCUT2D eigenvalue weighted by Crippen LogP contribution is -2.74. The zero-order valence-electron chi connectivity index (χ0n) is 63.9. The van der Waals surface area contributed by atoms with Crippen molar-refractivity contribution in [1.29, 1.82) is 0 Å². The fourth-order valence-electron chi connectivity index (χ4n) is 15.5. The van der Waals surface area contributed by atoms with E-state index in [4.69, 9.17) is 0 Å². The summed E-state index contributed by atoms with van der Waals surface area (Å²) in [6.07, 6.45) is 84.7. The van der Waals surface area contributed by atoms with Crippen LogP contribution in [0.3, 0.4) is 0 Å². The molecule has 0 rings (SSSR count). The minimum Gasteiger partial charge on any atom is -0.393 e. The van der Waals surface area contributed by atoms with E-state index < -0.39 is 34.8 Å². The van der Waals surface area contributed by atoms with E-state index in [0.717, 1.165) is 96.3 Å². The fraction of sp³-hybridized carbons (Fsp3) is 0.988. The smallest absolute Gasteiger partial charge is 0.198 e. The van der Waals surface area contributed by atoms with Crippen molar-refractivity contribution in [2.45, 2.75) is 539 Å². The number of carbonyl (C=O) groups is 1. The van der Waals surface area contributed by atoms with Gasteiger partial charge in [-0.2, -0.15) is 0 Å². The van der Waals surface area contributed by atoms with Crippen molar-refractivity contribution in [2.24, 2.45) is 0 Å². The van der Waals surface area contributed by atoms with E-state index in [9.17, 15) is 25.5 Å². The minimum atomic E-state index is -2.42. The number of Topliss-reactive ketones (excluding diaryl/α,β-unsaturated/α-hetero) is 1. The largest absolute Gasteiger partial charge is 0.393 e. The Bertz CT molecular complexity index is 1420. The van der Waals surface area contributed by atoms with Crippen molar-refractivity contribution in [3.8, 4) is 0 Å². The van der Waals surface area contributed by atoms with Crippen molar-refractivity contribution >= 4 is 5.78 Å². The summed E-state index contributed by atoms with van der Waals surface area (Å²) in [5.41, 5.74) is -8.69. The molecule has 3 atom stereocenters. The van der Waals surface area contributed by atoms with Crippen LogP contribution >= 0.6 is 0 Å². The highest BCUT2D eigenvalue weighted by molar-refractivity contribution is 5.96. The molecule has 0 heterocycles. The number of aliphatic hydroxyl groups is 5. The Morgan fingerprint density at radius 2 is 0.359 bits per heavy atom. The molecule has 0 radical (unpaired) electrons. The summed E-state index contributed by atoms with van der Waals surface area (Å²) in [7, 11) is 0. The van der Waals surface area contributed by atoms with E-state index in [2.05, 4.69) is 34.6 Å². The molecule has 0 fully saturated rings. The number of carbonyl (C=O) groups excluding carboxylic acids is 1. The molecule has 0 aromatic carbocycles. The van der Waals surface area contributed by atoms with Gasteiger partial charge in [-0.15, -0.1) is 0 Å². The Labute approximate surface area is 578 Å². The molecule has 0 bridgehead atoms. The highest BCUT2D eigenvalue weighted by atomic mass is 16.4. The van der Waals surface area contributed by atoms with Gasteiger partial charge in [-0.1, -0.05) is 484 Å². The zero-order chi connectivity index (χ0) is 67.3. The monoisotopic (exact) mass is 1300 g/mol. The van der Waals surface area contributed by atoms with Crippen LogP contribution < -0.4 is 0 Å². The molecule has 0 saturated carbocycles. The maximum atomic E-state index is 16.1. The van der Waals surface area contributed by atoms with Gasteiger partial charge in [0.1, 0.15) is 16.8 Å². The topological polar surface area (TPSA) is 118 Å². The van der Waals surface area contributed by atoms with Gasteiger partial charge in [0.15, 0.2) is 11.4 Å². The summed E-state index contributed by atoms with van der Waals surface area (Å²) in [5.74, 6) is -0.676. The predicted octanol–water partition coefficient (Wildman–Crippen LogP) is 27.8. The highest BCUT2D eigenvalue weighted by Crippen LogP contribution is 2.47. The number of rotatable bonds is 80. The van der Waals surface area contributed by atoms with Crippen LogP contribution in [0.2, 0.25) is 0 Å². The Hall–Kier alpha value is -0.530. The second-order valence-electron chi connectivity index (χ2n) is 31.0. The molecule has 5 N–H and O–H groups in total. The van der Waals surface area contributed by atoms with Gasteiger partial charge >= 0.3 is 0 Å². The van der Waals surface area contributed by atoms with E-state index in [0.29, 0.717) is 32.1 Å². The van der Waals surface area contributed by atoms with E-state index in [1.54, 1.807) is 0 Å². The first-order chi connectivity index (χ1) is 45.0.